The third kappa shape index (κ3) is 6.14. The Morgan fingerprint density at radius 3 is 2.59 bits per heavy atom. The molecule has 1 rings (SSSR count). The quantitative estimate of drug-likeness (QED) is 0.851. The van der Waals surface area contributed by atoms with Crippen LogP contribution in [0, 0.1) is 6.92 Å². The summed E-state index contributed by atoms with van der Waals surface area (Å²) in [5.41, 5.74) is 1.76. The number of aromatic nitrogens is 1. The Bertz CT molecular complexity index is 333. The van der Waals surface area contributed by atoms with Crippen LogP contribution in [0.1, 0.15) is 31.9 Å². The number of pyridine rings is 1. The highest BCUT2D eigenvalue weighted by molar-refractivity contribution is 5.41. The average Bonchev–Trinajstić information content (AvgIpc) is 2.19. The molecule has 0 saturated carbocycles. The molecule has 5 heteroatoms. The first-order chi connectivity index (χ1) is 7.87. The minimum atomic E-state index is -4.05. The molecule has 1 unspecified atom stereocenters. The van der Waals surface area contributed by atoms with Crippen LogP contribution in [-0.4, -0.2) is 17.2 Å². The Labute approximate surface area is 99.3 Å². The smallest absolute Gasteiger partial charge is 0.381 e. The second kappa shape index (κ2) is 5.89. The molecular formula is C12H17F3N2. The van der Waals surface area contributed by atoms with Crippen LogP contribution in [0.4, 0.5) is 18.9 Å². The highest BCUT2D eigenvalue weighted by Crippen LogP contribution is 2.23. The van der Waals surface area contributed by atoms with Gasteiger partial charge in [-0.25, -0.2) is 0 Å². The van der Waals surface area contributed by atoms with Crippen molar-refractivity contribution in [2.45, 2.75) is 45.3 Å². The number of nitrogens with zero attached hydrogens (tertiary/aromatic N) is 1. The molecule has 0 fully saturated rings. The summed E-state index contributed by atoms with van der Waals surface area (Å²) in [6.07, 6.45) is -2.43. The van der Waals surface area contributed by atoms with Crippen molar-refractivity contribution < 1.29 is 13.2 Å². The van der Waals surface area contributed by atoms with E-state index in [1.54, 1.807) is 6.20 Å². The number of hydrogen-bond donors (Lipinski definition) is 1. The van der Waals surface area contributed by atoms with Crippen molar-refractivity contribution in [3.8, 4) is 0 Å². The highest BCUT2D eigenvalue weighted by Gasteiger charge is 2.26. The molecule has 0 aliphatic carbocycles. The second-order valence-corrected chi connectivity index (χ2v) is 4.24. The summed E-state index contributed by atoms with van der Waals surface area (Å²) in [5.74, 6) is 0. The monoisotopic (exact) mass is 246 g/mol. The van der Waals surface area contributed by atoms with Crippen molar-refractivity contribution in [2.75, 3.05) is 5.32 Å². The molecule has 0 radical (unpaired) electrons. The number of hydrogen-bond acceptors (Lipinski definition) is 2. The van der Waals surface area contributed by atoms with Gasteiger partial charge in [-0.1, -0.05) is 0 Å². The molecule has 96 valence electrons. The lowest BCUT2D eigenvalue weighted by Gasteiger charge is -2.15. The van der Waals surface area contributed by atoms with Crippen molar-refractivity contribution in [2.24, 2.45) is 0 Å². The summed E-state index contributed by atoms with van der Waals surface area (Å²) >= 11 is 0. The SMILES string of the molecule is Cc1ccc(NC(C)CCCC(F)(F)F)cn1. The van der Waals surface area contributed by atoms with Gasteiger partial charge >= 0.3 is 6.18 Å². The van der Waals surface area contributed by atoms with E-state index in [1.165, 1.54) is 0 Å². The molecular weight excluding hydrogens is 229 g/mol. The molecule has 0 spiro atoms. The van der Waals surface area contributed by atoms with Gasteiger partial charge < -0.3 is 5.32 Å². The van der Waals surface area contributed by atoms with Gasteiger partial charge in [-0.2, -0.15) is 13.2 Å². The van der Waals surface area contributed by atoms with E-state index >= 15 is 0 Å². The third-order valence-corrected chi connectivity index (χ3v) is 2.42. The number of alkyl halides is 3. The zero-order chi connectivity index (χ0) is 12.9. The normalized spacial score (nSPS) is 13.5. The van der Waals surface area contributed by atoms with Crippen molar-refractivity contribution >= 4 is 5.69 Å². The van der Waals surface area contributed by atoms with E-state index in [2.05, 4.69) is 10.3 Å². The maximum absolute atomic E-state index is 11.9. The summed E-state index contributed by atoms with van der Waals surface area (Å²) < 4.78 is 35.8. The highest BCUT2D eigenvalue weighted by atomic mass is 19.4. The summed E-state index contributed by atoms with van der Waals surface area (Å²) in [4.78, 5) is 4.11. The second-order valence-electron chi connectivity index (χ2n) is 4.24. The first kappa shape index (κ1) is 13.8. The van der Waals surface area contributed by atoms with E-state index in [9.17, 15) is 13.2 Å². The fourth-order valence-electron chi connectivity index (χ4n) is 1.52. The topological polar surface area (TPSA) is 24.9 Å². The summed E-state index contributed by atoms with van der Waals surface area (Å²) in [6.45, 7) is 3.76. The zero-order valence-electron chi connectivity index (χ0n) is 10.0. The van der Waals surface area contributed by atoms with Gasteiger partial charge in [0.15, 0.2) is 0 Å². The first-order valence-corrected chi connectivity index (χ1v) is 5.63. The van der Waals surface area contributed by atoms with E-state index in [4.69, 9.17) is 0 Å². The lowest BCUT2D eigenvalue weighted by molar-refractivity contribution is -0.135. The first-order valence-electron chi connectivity index (χ1n) is 5.63. The van der Waals surface area contributed by atoms with Crippen molar-refractivity contribution in [3.05, 3.63) is 24.0 Å². The van der Waals surface area contributed by atoms with Gasteiger partial charge in [0.25, 0.3) is 0 Å². The predicted molar refractivity (Wildman–Crippen MR) is 62.0 cm³/mol. The molecule has 17 heavy (non-hydrogen) atoms. The van der Waals surface area contributed by atoms with Crippen LogP contribution in [0.25, 0.3) is 0 Å². The number of aryl methyl sites for hydroxylation is 1. The van der Waals surface area contributed by atoms with Crippen LogP contribution < -0.4 is 5.32 Å². The lowest BCUT2D eigenvalue weighted by atomic mass is 10.1. The molecule has 2 nitrogen and oxygen atoms in total. The van der Waals surface area contributed by atoms with Gasteiger partial charge in [-0.15, -0.1) is 0 Å². The van der Waals surface area contributed by atoms with E-state index in [1.807, 2.05) is 26.0 Å². The van der Waals surface area contributed by atoms with Gasteiger partial charge in [0.2, 0.25) is 0 Å². The van der Waals surface area contributed by atoms with E-state index in [0.29, 0.717) is 6.42 Å². The Morgan fingerprint density at radius 2 is 2.06 bits per heavy atom. The van der Waals surface area contributed by atoms with Crippen molar-refractivity contribution in [3.63, 3.8) is 0 Å². The lowest BCUT2D eigenvalue weighted by Crippen LogP contribution is -2.16. The van der Waals surface area contributed by atoms with Gasteiger partial charge in [0.1, 0.15) is 0 Å². The standard InChI is InChI=1S/C12H17F3N2/c1-9-5-6-11(8-16-9)17-10(2)4-3-7-12(13,14)15/h5-6,8,10,17H,3-4,7H2,1-2H3. The van der Waals surface area contributed by atoms with Crippen molar-refractivity contribution in [1.82, 2.24) is 4.98 Å². The molecule has 0 bridgehead atoms. The Kier molecular flexibility index (Phi) is 4.78. The number of nitrogens with one attached hydrogen (secondary N) is 1. The molecule has 1 aromatic rings. The molecule has 1 aromatic heterocycles. The van der Waals surface area contributed by atoms with Crippen LogP contribution in [0.3, 0.4) is 0 Å². The zero-order valence-corrected chi connectivity index (χ0v) is 10.0. The molecule has 1 heterocycles. The molecule has 1 atom stereocenters. The molecule has 0 amide bonds. The summed E-state index contributed by atoms with van der Waals surface area (Å²) in [6, 6.07) is 3.76. The Hall–Kier alpha value is -1.26. The maximum Gasteiger partial charge on any atom is 0.389 e. The minimum absolute atomic E-state index is 0.0156. The van der Waals surface area contributed by atoms with Crippen LogP contribution in [0.5, 0.6) is 0 Å². The Morgan fingerprint density at radius 1 is 1.35 bits per heavy atom. The number of halogens is 3. The van der Waals surface area contributed by atoms with Crippen molar-refractivity contribution in [1.29, 1.82) is 0 Å². The van der Waals surface area contributed by atoms with E-state index in [0.717, 1.165) is 11.4 Å². The van der Waals surface area contributed by atoms with Crippen LogP contribution in [0.2, 0.25) is 0 Å². The fourth-order valence-corrected chi connectivity index (χ4v) is 1.52. The van der Waals surface area contributed by atoms with Gasteiger partial charge in [0, 0.05) is 18.2 Å². The number of rotatable bonds is 5. The van der Waals surface area contributed by atoms with Gasteiger partial charge in [-0.3, -0.25) is 4.98 Å². The van der Waals surface area contributed by atoms with Crippen LogP contribution in [-0.2, 0) is 0 Å². The maximum atomic E-state index is 11.9. The van der Waals surface area contributed by atoms with Crippen LogP contribution in [0.15, 0.2) is 18.3 Å². The predicted octanol–water partition coefficient (Wildman–Crippen LogP) is 3.92. The Balaban J connectivity index is 2.30. The van der Waals surface area contributed by atoms with Crippen LogP contribution >= 0.6 is 0 Å². The van der Waals surface area contributed by atoms with Gasteiger partial charge in [-0.05, 0) is 38.8 Å². The fraction of sp³-hybridized carbons (Fsp3) is 0.583. The third-order valence-electron chi connectivity index (χ3n) is 2.42. The molecule has 0 saturated heterocycles. The molecule has 0 aliphatic rings. The number of anilines is 1. The molecule has 0 aliphatic heterocycles. The largest absolute Gasteiger partial charge is 0.389 e. The molecule has 1 N–H and O–H groups in total. The van der Waals surface area contributed by atoms with Gasteiger partial charge in [0.05, 0.1) is 11.9 Å². The minimum Gasteiger partial charge on any atom is -0.381 e. The van der Waals surface area contributed by atoms with E-state index < -0.39 is 12.6 Å². The summed E-state index contributed by atoms with van der Waals surface area (Å²) in [7, 11) is 0. The average molecular weight is 246 g/mol. The van der Waals surface area contributed by atoms with E-state index in [-0.39, 0.29) is 12.5 Å². The summed E-state index contributed by atoms with van der Waals surface area (Å²) in [5, 5.41) is 3.13. The molecule has 0 aromatic carbocycles.